The van der Waals surface area contributed by atoms with Crippen molar-refractivity contribution >= 4 is 17.4 Å². The summed E-state index contributed by atoms with van der Waals surface area (Å²) < 4.78 is 92.7. The van der Waals surface area contributed by atoms with E-state index in [2.05, 4.69) is 17.6 Å². The zero-order valence-electron chi connectivity index (χ0n) is 27.1. The summed E-state index contributed by atoms with van der Waals surface area (Å²) in [5, 5.41) is 9.24. The van der Waals surface area contributed by atoms with Crippen molar-refractivity contribution in [2.75, 3.05) is 50.5 Å². The predicted octanol–water partition coefficient (Wildman–Crippen LogP) is 5.27. The highest BCUT2D eigenvalue weighted by Gasteiger charge is 2.43. The van der Waals surface area contributed by atoms with E-state index in [9.17, 15) is 32.0 Å². The topological polar surface area (TPSA) is 112 Å². The van der Waals surface area contributed by atoms with Crippen molar-refractivity contribution in [2.24, 2.45) is 5.92 Å². The van der Waals surface area contributed by atoms with Crippen LogP contribution in [0.15, 0.2) is 18.5 Å². The molecular weight excluding hydrogens is 640 g/mol. The molecule has 9 nitrogen and oxygen atoms in total. The summed E-state index contributed by atoms with van der Waals surface area (Å²) in [6, 6.07) is 2.15. The number of carbonyl (C=O) groups is 1. The SMILES string of the molecule is C=C(F)C(=O)N1CCN(c2nc(OC[C@@H]3C[C@@H](F)CN3C)nc3c2C[C@@H](C)[C@H](c2c(F)c(N)cc(C)c2C(F)(F)F)C3)C[C@@H]1CCC#N. The Bertz CT molecular complexity index is 1610. The Hall–Kier alpha value is -4.06. The van der Waals surface area contributed by atoms with Gasteiger partial charge in [0.25, 0.3) is 5.91 Å². The molecule has 2 fully saturated rings. The number of likely N-dealkylation sites (N-methyl/N-ethyl adjacent to an activating group) is 1. The van der Waals surface area contributed by atoms with Crippen LogP contribution >= 0.6 is 0 Å². The maximum atomic E-state index is 15.6. The lowest BCUT2D eigenvalue weighted by Crippen LogP contribution is -2.56. The Kier molecular flexibility index (Phi) is 10.1. The predicted molar refractivity (Wildman–Crippen MR) is 166 cm³/mol. The molecule has 2 saturated heterocycles. The molecule has 1 amide bonds. The van der Waals surface area contributed by atoms with Crippen molar-refractivity contribution in [3.63, 3.8) is 0 Å². The smallest absolute Gasteiger partial charge is 0.417 e. The summed E-state index contributed by atoms with van der Waals surface area (Å²) in [7, 11) is 1.77. The van der Waals surface area contributed by atoms with E-state index in [-0.39, 0.29) is 88.2 Å². The standard InChI is InChI=1S/C33H39F6N7O2/c1-17-10-24-26(13-23(17)27-28(33(37,38)39)18(2)11-25(41)29(27)36)42-32(48-16-22-12-20(35)14-44(22)4)43-30(24)45-8-9-46(31(47)19(3)34)21(15-45)6-5-7-40/h11,17,20-23H,3,5-6,8-10,12-16,41H2,1-2,4H3/t17-,20-,21+,22+,23-/m1/s1. The Morgan fingerprint density at radius 3 is 2.56 bits per heavy atom. The number of aryl methyl sites for hydroxylation is 1. The first-order valence-electron chi connectivity index (χ1n) is 15.9. The van der Waals surface area contributed by atoms with Crippen LogP contribution in [0.5, 0.6) is 6.01 Å². The minimum Gasteiger partial charge on any atom is -0.462 e. The number of nitriles is 1. The number of carbonyl (C=O) groups excluding carboxylic acids is 1. The molecule has 3 aliphatic rings. The molecule has 2 aromatic rings. The van der Waals surface area contributed by atoms with Crippen molar-refractivity contribution in [3.8, 4) is 12.1 Å². The highest BCUT2D eigenvalue weighted by Crippen LogP contribution is 2.47. The number of halogens is 6. The molecule has 1 aliphatic carbocycles. The van der Waals surface area contributed by atoms with Crippen LogP contribution in [-0.4, -0.2) is 83.8 Å². The number of hydrogen-bond acceptors (Lipinski definition) is 8. The normalized spacial score (nSPS) is 24.7. The van der Waals surface area contributed by atoms with Crippen LogP contribution < -0.4 is 15.4 Å². The van der Waals surface area contributed by atoms with Gasteiger partial charge in [-0.05, 0) is 63.1 Å². The van der Waals surface area contributed by atoms with Gasteiger partial charge in [0.2, 0.25) is 0 Å². The Morgan fingerprint density at radius 1 is 1.21 bits per heavy atom. The van der Waals surface area contributed by atoms with E-state index in [1.807, 2.05) is 9.80 Å². The fourth-order valence-corrected chi connectivity index (χ4v) is 7.36. The van der Waals surface area contributed by atoms with Crippen LogP contribution in [0.25, 0.3) is 0 Å². The molecule has 1 aromatic heterocycles. The highest BCUT2D eigenvalue weighted by molar-refractivity contribution is 5.91. The van der Waals surface area contributed by atoms with Crippen LogP contribution in [0.3, 0.4) is 0 Å². The molecule has 5 atom stereocenters. The average molecular weight is 680 g/mol. The van der Waals surface area contributed by atoms with Gasteiger partial charge in [-0.15, -0.1) is 0 Å². The molecule has 3 heterocycles. The van der Waals surface area contributed by atoms with Crippen LogP contribution in [0.1, 0.15) is 60.1 Å². The number of piperazine rings is 1. The quantitative estimate of drug-likeness (QED) is 0.228. The van der Waals surface area contributed by atoms with Crippen LogP contribution in [0.4, 0.5) is 37.8 Å². The molecule has 0 saturated carbocycles. The van der Waals surface area contributed by atoms with E-state index in [1.165, 1.54) is 11.8 Å². The van der Waals surface area contributed by atoms with E-state index in [0.29, 0.717) is 17.1 Å². The molecular formula is C33H39F6N7O2. The lowest BCUT2D eigenvalue weighted by molar-refractivity contribution is -0.139. The molecule has 5 rings (SSSR count). The molecule has 2 N–H and O–H groups in total. The average Bonchev–Trinajstić information content (AvgIpc) is 3.35. The Balaban J connectivity index is 1.56. The Morgan fingerprint density at radius 2 is 1.94 bits per heavy atom. The summed E-state index contributed by atoms with van der Waals surface area (Å²) in [4.78, 5) is 27.0. The molecule has 0 radical (unpaired) electrons. The molecule has 0 spiro atoms. The highest BCUT2D eigenvalue weighted by atomic mass is 19.4. The first-order valence-corrected chi connectivity index (χ1v) is 15.9. The number of nitrogen functional groups attached to an aromatic ring is 1. The molecule has 1 aromatic carbocycles. The number of rotatable bonds is 8. The summed E-state index contributed by atoms with van der Waals surface area (Å²) in [6.45, 7) is 6.92. The zero-order valence-corrected chi connectivity index (χ0v) is 27.1. The van der Waals surface area contributed by atoms with Gasteiger partial charge in [0.15, 0.2) is 5.83 Å². The number of alkyl halides is 4. The summed E-state index contributed by atoms with van der Waals surface area (Å²) in [5.41, 5.74) is 4.74. The Labute approximate surface area is 275 Å². The molecule has 0 bridgehead atoms. The van der Waals surface area contributed by atoms with Crippen LogP contribution in [0, 0.1) is 30.0 Å². The molecule has 15 heteroatoms. The zero-order chi connectivity index (χ0) is 35.1. The van der Waals surface area contributed by atoms with Gasteiger partial charge in [-0.1, -0.05) is 13.5 Å². The third-order valence-electron chi connectivity index (χ3n) is 9.76. The number of nitrogens with zero attached hydrogens (tertiary/aromatic N) is 6. The van der Waals surface area contributed by atoms with Gasteiger partial charge in [-0.2, -0.15) is 28.4 Å². The number of benzene rings is 1. The van der Waals surface area contributed by atoms with Gasteiger partial charge in [0, 0.05) is 49.8 Å². The largest absolute Gasteiger partial charge is 0.462 e. The van der Waals surface area contributed by atoms with Gasteiger partial charge in [-0.3, -0.25) is 9.69 Å². The third kappa shape index (κ3) is 7.04. The number of nitrogens with two attached hydrogens (primary N) is 1. The summed E-state index contributed by atoms with van der Waals surface area (Å²) >= 11 is 0. The minimum absolute atomic E-state index is 0.0575. The van der Waals surface area contributed by atoms with E-state index in [4.69, 9.17) is 15.5 Å². The number of fused-ring (bicyclic) bond motifs is 1. The molecule has 260 valence electrons. The van der Waals surface area contributed by atoms with Crippen molar-refractivity contribution in [2.45, 2.75) is 76.3 Å². The lowest BCUT2D eigenvalue weighted by Gasteiger charge is -2.43. The minimum atomic E-state index is -4.83. The fourth-order valence-electron chi connectivity index (χ4n) is 7.36. The maximum absolute atomic E-state index is 15.6. The van der Waals surface area contributed by atoms with E-state index >= 15 is 4.39 Å². The van der Waals surface area contributed by atoms with Gasteiger partial charge < -0.3 is 20.3 Å². The first kappa shape index (κ1) is 35.3. The van der Waals surface area contributed by atoms with Crippen LogP contribution in [-0.2, 0) is 23.8 Å². The number of likely N-dealkylation sites (tertiary alicyclic amines) is 1. The summed E-state index contributed by atoms with van der Waals surface area (Å²) in [5.74, 6) is -4.10. The van der Waals surface area contributed by atoms with Crippen molar-refractivity contribution < 1.29 is 35.9 Å². The van der Waals surface area contributed by atoms with Gasteiger partial charge >= 0.3 is 12.2 Å². The fraction of sp³-hybridized carbons (Fsp3) is 0.576. The van der Waals surface area contributed by atoms with Gasteiger partial charge in [-0.25, -0.2) is 13.2 Å². The second kappa shape index (κ2) is 13.8. The monoisotopic (exact) mass is 679 g/mol. The van der Waals surface area contributed by atoms with E-state index < -0.39 is 58.9 Å². The molecule has 2 aliphatic heterocycles. The molecule has 48 heavy (non-hydrogen) atoms. The molecule has 0 unspecified atom stereocenters. The van der Waals surface area contributed by atoms with E-state index in [1.54, 1.807) is 14.0 Å². The number of amides is 1. The number of aromatic nitrogens is 2. The number of anilines is 2. The van der Waals surface area contributed by atoms with Crippen molar-refractivity contribution in [3.05, 3.63) is 52.2 Å². The van der Waals surface area contributed by atoms with Crippen molar-refractivity contribution in [1.29, 1.82) is 5.26 Å². The third-order valence-corrected chi connectivity index (χ3v) is 9.76. The second-order valence-electron chi connectivity index (χ2n) is 13.1. The number of ether oxygens (including phenoxy) is 1. The van der Waals surface area contributed by atoms with Crippen molar-refractivity contribution in [1.82, 2.24) is 19.8 Å². The summed E-state index contributed by atoms with van der Waals surface area (Å²) in [6.07, 6.45) is -5.12. The van der Waals surface area contributed by atoms with Gasteiger partial charge in [0.05, 0.1) is 29.1 Å². The second-order valence-corrected chi connectivity index (χ2v) is 13.1. The van der Waals surface area contributed by atoms with E-state index in [0.717, 1.165) is 6.07 Å². The lowest BCUT2D eigenvalue weighted by atomic mass is 9.73. The number of hydrogen-bond donors (Lipinski definition) is 1. The maximum Gasteiger partial charge on any atom is 0.417 e. The van der Waals surface area contributed by atoms with Gasteiger partial charge in [0.1, 0.15) is 24.4 Å². The van der Waals surface area contributed by atoms with Crippen LogP contribution in [0.2, 0.25) is 0 Å². The first-order chi connectivity index (χ1) is 22.6.